The first-order valence-electron chi connectivity index (χ1n) is 10.4. The molecule has 2 aromatic rings. The van der Waals surface area contributed by atoms with Crippen molar-refractivity contribution in [2.24, 2.45) is 0 Å². The lowest BCUT2D eigenvalue weighted by Crippen LogP contribution is -2.53. The van der Waals surface area contributed by atoms with Gasteiger partial charge in [0.1, 0.15) is 11.4 Å². The van der Waals surface area contributed by atoms with Crippen molar-refractivity contribution in [2.45, 2.75) is 20.0 Å². The van der Waals surface area contributed by atoms with E-state index in [1.54, 1.807) is 15.9 Å². The summed E-state index contributed by atoms with van der Waals surface area (Å²) in [5, 5.41) is 14.2. The highest BCUT2D eigenvalue weighted by Gasteiger charge is 2.34. The van der Waals surface area contributed by atoms with E-state index in [0.29, 0.717) is 24.9 Å². The number of piperazine rings is 1. The Hall–Kier alpha value is -3.41. The van der Waals surface area contributed by atoms with Crippen LogP contribution in [0.15, 0.2) is 36.4 Å². The number of aryl methyl sites for hydroxylation is 1. The number of anilines is 1. The van der Waals surface area contributed by atoms with Crippen molar-refractivity contribution in [2.75, 3.05) is 37.7 Å². The van der Waals surface area contributed by atoms with Crippen molar-refractivity contribution in [1.82, 2.24) is 10.2 Å². The van der Waals surface area contributed by atoms with Crippen molar-refractivity contribution >= 4 is 34.6 Å². The Morgan fingerprint density at radius 2 is 1.85 bits per heavy atom. The van der Waals surface area contributed by atoms with Crippen molar-refractivity contribution in [3.8, 4) is 5.75 Å². The number of carbonyl (C=O) groups excluding carboxylic acids is 1. The summed E-state index contributed by atoms with van der Waals surface area (Å²) in [6, 6.07) is 8.03. The first-order chi connectivity index (χ1) is 16.0. The molecule has 3 rings (SSSR count). The monoisotopic (exact) mass is 496 g/mol. The van der Waals surface area contributed by atoms with Gasteiger partial charge in [-0.15, -0.1) is 0 Å². The second-order valence-electron chi connectivity index (χ2n) is 7.77. The van der Waals surface area contributed by atoms with E-state index >= 15 is 0 Å². The molecule has 0 aromatic heterocycles. The van der Waals surface area contributed by atoms with Crippen LogP contribution in [0.3, 0.4) is 0 Å². The number of rotatable bonds is 5. The number of nitro benzene ring substituents is 1. The number of nitrogens with one attached hydrogen (secondary N) is 1. The number of ether oxygens (including phenoxy) is 1. The molecular formula is C22H23F3N4O4S. The van der Waals surface area contributed by atoms with Gasteiger partial charge in [-0.3, -0.25) is 14.9 Å². The number of halogens is 3. The molecule has 2 aromatic carbocycles. The number of benzene rings is 2. The van der Waals surface area contributed by atoms with E-state index in [2.05, 4.69) is 5.32 Å². The molecule has 1 N–H and O–H groups in total. The predicted molar refractivity (Wildman–Crippen MR) is 124 cm³/mol. The van der Waals surface area contributed by atoms with Crippen molar-refractivity contribution in [3.05, 3.63) is 63.2 Å². The second kappa shape index (κ2) is 10.2. The van der Waals surface area contributed by atoms with Gasteiger partial charge in [-0.25, -0.2) is 0 Å². The van der Waals surface area contributed by atoms with Gasteiger partial charge in [0.05, 0.1) is 10.5 Å². The number of nitrogens with zero attached hydrogens (tertiary/aromatic N) is 3. The lowest BCUT2D eigenvalue weighted by atomic mass is 10.1. The van der Waals surface area contributed by atoms with Crippen LogP contribution in [0.4, 0.5) is 24.5 Å². The molecule has 1 heterocycles. The van der Waals surface area contributed by atoms with Gasteiger partial charge in [0.25, 0.3) is 11.6 Å². The summed E-state index contributed by atoms with van der Waals surface area (Å²) in [6.07, 6.45) is -4.67. The van der Waals surface area contributed by atoms with E-state index in [9.17, 15) is 28.1 Å². The summed E-state index contributed by atoms with van der Waals surface area (Å²) >= 11 is 5.30. The Morgan fingerprint density at radius 1 is 1.18 bits per heavy atom. The second-order valence-corrected chi connectivity index (χ2v) is 8.16. The van der Waals surface area contributed by atoms with Gasteiger partial charge in [-0.05, 0) is 55.4 Å². The molecular weight excluding hydrogens is 473 g/mol. The number of hydrogen-bond acceptors (Lipinski definition) is 6. The highest BCUT2D eigenvalue weighted by atomic mass is 32.1. The number of nitro groups is 1. The Bertz CT molecular complexity index is 1100. The minimum Gasteiger partial charge on any atom is -0.483 e. The number of amides is 1. The lowest BCUT2D eigenvalue weighted by Gasteiger charge is -2.37. The Balaban J connectivity index is 1.56. The maximum absolute atomic E-state index is 12.9. The minimum atomic E-state index is -4.67. The molecule has 0 unspecified atom stereocenters. The summed E-state index contributed by atoms with van der Waals surface area (Å²) in [6.45, 7) is 4.83. The fourth-order valence-corrected chi connectivity index (χ4v) is 3.82. The fourth-order valence-electron chi connectivity index (χ4n) is 3.52. The molecule has 1 fully saturated rings. The predicted octanol–water partition coefficient (Wildman–Crippen LogP) is 3.83. The maximum atomic E-state index is 12.9. The number of alkyl halides is 3. The molecule has 1 amide bonds. The van der Waals surface area contributed by atoms with Crippen molar-refractivity contribution in [3.63, 3.8) is 0 Å². The van der Waals surface area contributed by atoms with Gasteiger partial charge in [0.2, 0.25) is 0 Å². The third kappa shape index (κ3) is 5.93. The number of hydrogen-bond donors (Lipinski definition) is 1. The lowest BCUT2D eigenvalue weighted by molar-refractivity contribution is -0.384. The molecule has 0 saturated carbocycles. The SMILES string of the molecule is Cc1cccc(OCC(=O)NC(=S)N2CCN(c3ccc(C(F)(F)F)cc3[N+](=O)[O-])CC2)c1C. The summed E-state index contributed by atoms with van der Waals surface area (Å²) in [4.78, 5) is 26.1. The van der Waals surface area contributed by atoms with Crippen LogP contribution in [-0.2, 0) is 11.0 Å². The average molecular weight is 497 g/mol. The fraction of sp³-hybridized carbons (Fsp3) is 0.364. The summed E-state index contributed by atoms with van der Waals surface area (Å²) in [7, 11) is 0. The highest BCUT2D eigenvalue weighted by molar-refractivity contribution is 7.80. The molecule has 1 aliphatic heterocycles. The van der Waals surface area contributed by atoms with Crippen molar-refractivity contribution < 1.29 is 27.6 Å². The zero-order valence-electron chi connectivity index (χ0n) is 18.5. The zero-order valence-corrected chi connectivity index (χ0v) is 19.3. The molecule has 1 aliphatic rings. The minimum absolute atomic E-state index is 0.106. The first-order valence-corrected chi connectivity index (χ1v) is 10.8. The van der Waals surface area contributed by atoms with Crippen LogP contribution >= 0.6 is 12.2 Å². The van der Waals surface area contributed by atoms with Crippen LogP contribution in [0.25, 0.3) is 0 Å². The molecule has 0 spiro atoms. The van der Waals surface area contributed by atoms with Gasteiger partial charge in [-0.2, -0.15) is 13.2 Å². The van der Waals surface area contributed by atoms with Gasteiger partial charge in [-0.1, -0.05) is 12.1 Å². The zero-order chi connectivity index (χ0) is 25.0. The van der Waals surface area contributed by atoms with Gasteiger partial charge in [0.15, 0.2) is 11.7 Å². The third-order valence-electron chi connectivity index (χ3n) is 5.57. The molecule has 0 bridgehead atoms. The Morgan fingerprint density at radius 3 is 2.47 bits per heavy atom. The molecule has 182 valence electrons. The Kier molecular flexibility index (Phi) is 7.60. The third-order valence-corrected chi connectivity index (χ3v) is 5.93. The normalized spacial score (nSPS) is 14.0. The molecule has 1 saturated heterocycles. The van der Waals surface area contributed by atoms with E-state index < -0.39 is 28.3 Å². The largest absolute Gasteiger partial charge is 0.483 e. The van der Waals surface area contributed by atoms with E-state index in [-0.39, 0.29) is 30.5 Å². The van der Waals surface area contributed by atoms with E-state index in [0.717, 1.165) is 23.3 Å². The van der Waals surface area contributed by atoms with E-state index in [4.69, 9.17) is 17.0 Å². The first kappa shape index (κ1) is 25.2. The standard InChI is InChI=1S/C22H23F3N4O4S/c1-14-4-3-5-19(15(14)2)33-13-20(30)26-21(34)28-10-8-27(9-11-28)17-7-6-16(22(23,24)25)12-18(17)29(31)32/h3-7,12H,8-11,13H2,1-2H3,(H,26,30,34). The van der Waals surface area contributed by atoms with Gasteiger partial charge in [0, 0.05) is 32.2 Å². The summed E-state index contributed by atoms with van der Waals surface area (Å²) < 4.78 is 44.4. The summed E-state index contributed by atoms with van der Waals surface area (Å²) in [5.74, 6) is 0.180. The molecule has 34 heavy (non-hydrogen) atoms. The van der Waals surface area contributed by atoms with Crippen LogP contribution in [0.5, 0.6) is 5.75 Å². The van der Waals surface area contributed by atoms with E-state index in [1.165, 1.54) is 0 Å². The highest BCUT2D eigenvalue weighted by Crippen LogP contribution is 2.36. The number of thiocarbonyl (C=S) groups is 1. The Labute approximate surface area is 199 Å². The van der Waals surface area contributed by atoms with E-state index in [1.807, 2.05) is 26.0 Å². The van der Waals surface area contributed by atoms with Crippen LogP contribution < -0.4 is 15.0 Å². The molecule has 0 radical (unpaired) electrons. The molecule has 8 nitrogen and oxygen atoms in total. The van der Waals surface area contributed by atoms with Crippen molar-refractivity contribution in [1.29, 1.82) is 0 Å². The molecule has 0 atom stereocenters. The average Bonchev–Trinajstić information content (AvgIpc) is 2.79. The topological polar surface area (TPSA) is 88.0 Å². The van der Waals surface area contributed by atoms with Crippen LogP contribution in [0, 0.1) is 24.0 Å². The van der Waals surface area contributed by atoms with Crippen LogP contribution in [0.1, 0.15) is 16.7 Å². The number of carbonyl (C=O) groups is 1. The van der Waals surface area contributed by atoms with Gasteiger partial charge < -0.3 is 19.9 Å². The smallest absolute Gasteiger partial charge is 0.416 e. The maximum Gasteiger partial charge on any atom is 0.416 e. The molecule has 0 aliphatic carbocycles. The van der Waals surface area contributed by atoms with Crippen LogP contribution in [-0.4, -0.2) is 53.6 Å². The molecule has 12 heteroatoms. The van der Waals surface area contributed by atoms with Gasteiger partial charge >= 0.3 is 6.18 Å². The van der Waals surface area contributed by atoms with Crippen LogP contribution in [0.2, 0.25) is 0 Å². The summed E-state index contributed by atoms with van der Waals surface area (Å²) in [5.41, 5.74) is 0.400. The quantitative estimate of drug-likeness (QED) is 0.382.